The van der Waals surface area contributed by atoms with Gasteiger partial charge in [0.1, 0.15) is 31.1 Å². The zero-order chi connectivity index (χ0) is 35.5. The van der Waals surface area contributed by atoms with E-state index in [4.69, 9.17) is 18.7 Å². The highest BCUT2D eigenvalue weighted by Gasteiger charge is 2.52. The Kier molecular flexibility index (Phi) is 17.8. The number of halogens is 2. The molecular weight excluding hydrogens is 647 g/mol. The summed E-state index contributed by atoms with van der Waals surface area (Å²) in [6.45, 7) is 6.98. The summed E-state index contributed by atoms with van der Waals surface area (Å²) < 4.78 is 52.3. The summed E-state index contributed by atoms with van der Waals surface area (Å²) in [4.78, 5) is 41.2. The van der Waals surface area contributed by atoms with Crippen LogP contribution in [0.2, 0.25) is 0 Å². The number of hydrogen-bond donors (Lipinski definition) is 3. The normalized spacial score (nSPS) is 19.0. The Balaban J connectivity index is 0.00000392. The van der Waals surface area contributed by atoms with Crippen molar-refractivity contribution in [1.29, 1.82) is 0 Å². The Bertz CT molecular complexity index is 1260. The standard InChI is InChI=1S/C31H40F2N5O7P.C2H6/c1-22(28(40)42-18-24-11-7-5-8-12-24)36-46(37-23(2)29(41)43-19-25-13-9-6-10-14-25)44-20-26-17-31(32,33)30(45-26)38(4)16-15-27(34-3)35-21-39;1-2/h5-16,21-23,26,30,36-37H,17-20H2,1-4H3,(H,34,35,39);1-2H3/b16-15-;. The highest BCUT2D eigenvalue weighted by atomic mass is 31.2. The second-order valence-corrected chi connectivity index (χ2v) is 11.8. The van der Waals surface area contributed by atoms with E-state index in [1.165, 1.54) is 31.3 Å². The average molecular weight is 694 g/mol. The van der Waals surface area contributed by atoms with Crippen LogP contribution in [0.15, 0.2) is 77.9 Å². The van der Waals surface area contributed by atoms with Gasteiger partial charge in [0, 0.05) is 26.7 Å². The zero-order valence-electron chi connectivity index (χ0n) is 28.1. The second kappa shape index (κ2) is 21.2. The summed E-state index contributed by atoms with van der Waals surface area (Å²) in [5, 5.41) is 8.31. The summed E-state index contributed by atoms with van der Waals surface area (Å²) in [7, 11) is 0.909. The number of alkyl halides is 2. The largest absolute Gasteiger partial charge is 0.460 e. The number of esters is 2. The minimum absolute atomic E-state index is 0.0608. The third-order valence-electron chi connectivity index (χ3n) is 6.63. The van der Waals surface area contributed by atoms with Crippen LogP contribution in [0.1, 0.15) is 45.2 Å². The molecule has 1 fully saturated rings. The van der Waals surface area contributed by atoms with Crippen LogP contribution in [-0.4, -0.2) is 80.1 Å². The van der Waals surface area contributed by atoms with E-state index < -0.39 is 57.1 Å². The molecule has 4 atom stereocenters. The molecule has 1 aliphatic rings. The molecule has 2 aromatic carbocycles. The van der Waals surface area contributed by atoms with Crippen molar-refractivity contribution in [3.8, 4) is 0 Å². The Morgan fingerprint density at radius 2 is 1.50 bits per heavy atom. The van der Waals surface area contributed by atoms with E-state index in [1.807, 2.05) is 74.5 Å². The highest BCUT2D eigenvalue weighted by Crippen LogP contribution is 2.39. The molecule has 0 saturated carbocycles. The minimum Gasteiger partial charge on any atom is -0.460 e. The van der Waals surface area contributed by atoms with Crippen molar-refractivity contribution in [2.24, 2.45) is 4.99 Å². The minimum atomic E-state index is -3.23. The van der Waals surface area contributed by atoms with Crippen molar-refractivity contribution < 1.29 is 41.9 Å². The maximum Gasteiger partial charge on any atom is 0.323 e. The topological polar surface area (TPSA) is 140 Å². The number of nitrogens with zero attached hydrogens (tertiary/aromatic N) is 2. The van der Waals surface area contributed by atoms with Gasteiger partial charge in [0.2, 0.25) is 6.41 Å². The molecule has 15 heteroatoms. The van der Waals surface area contributed by atoms with Crippen LogP contribution < -0.4 is 15.5 Å². The molecule has 2 aromatic rings. The van der Waals surface area contributed by atoms with Gasteiger partial charge < -0.3 is 29.0 Å². The number of hydrogen-bond acceptors (Lipinski definition) is 11. The number of carbonyl (C=O) groups excluding carboxylic acids is 3. The number of nitrogens with one attached hydrogen (secondary N) is 3. The Labute approximate surface area is 282 Å². The molecule has 0 aliphatic carbocycles. The van der Waals surface area contributed by atoms with Crippen LogP contribution >= 0.6 is 8.45 Å². The first-order valence-corrected chi connectivity index (χ1v) is 16.7. The van der Waals surface area contributed by atoms with E-state index in [2.05, 4.69) is 20.5 Å². The predicted molar refractivity (Wildman–Crippen MR) is 180 cm³/mol. The maximum atomic E-state index is 15.0. The highest BCUT2D eigenvalue weighted by molar-refractivity contribution is 7.48. The second-order valence-electron chi connectivity index (χ2n) is 10.4. The summed E-state index contributed by atoms with van der Waals surface area (Å²) in [5.41, 5.74) is 1.61. The number of aliphatic imine (C=N–C) groups is 1. The van der Waals surface area contributed by atoms with Crippen LogP contribution in [-0.2, 0) is 46.3 Å². The fourth-order valence-corrected chi connectivity index (χ4v) is 5.63. The molecule has 0 aromatic heterocycles. The van der Waals surface area contributed by atoms with Crippen LogP contribution in [0.4, 0.5) is 8.78 Å². The van der Waals surface area contributed by atoms with Gasteiger partial charge in [0.15, 0.2) is 14.7 Å². The molecule has 1 heterocycles. The summed E-state index contributed by atoms with van der Waals surface area (Å²) in [5.74, 6) is -4.20. The molecular formula is C33H46F2N5O7P. The third kappa shape index (κ3) is 13.7. The first-order valence-electron chi connectivity index (χ1n) is 15.5. The van der Waals surface area contributed by atoms with Crippen molar-refractivity contribution in [3.63, 3.8) is 0 Å². The van der Waals surface area contributed by atoms with Gasteiger partial charge in [0.25, 0.3) is 5.92 Å². The van der Waals surface area contributed by atoms with Gasteiger partial charge in [-0.3, -0.25) is 19.4 Å². The van der Waals surface area contributed by atoms with Gasteiger partial charge in [0.05, 0.1) is 12.7 Å². The molecule has 1 aliphatic heterocycles. The lowest BCUT2D eigenvalue weighted by Crippen LogP contribution is -2.41. The number of amidine groups is 1. The Morgan fingerprint density at radius 1 is 1.00 bits per heavy atom. The van der Waals surface area contributed by atoms with E-state index in [0.29, 0.717) is 6.41 Å². The Morgan fingerprint density at radius 3 is 1.96 bits per heavy atom. The van der Waals surface area contributed by atoms with Gasteiger partial charge >= 0.3 is 11.9 Å². The lowest BCUT2D eigenvalue weighted by molar-refractivity contribution is -0.147. The Hall–Kier alpha value is -3.81. The molecule has 3 N–H and O–H groups in total. The van der Waals surface area contributed by atoms with Crippen molar-refractivity contribution in [1.82, 2.24) is 20.4 Å². The number of rotatable bonds is 17. The van der Waals surface area contributed by atoms with E-state index in [-0.39, 0.29) is 25.7 Å². The van der Waals surface area contributed by atoms with Crippen LogP contribution in [0.3, 0.4) is 0 Å². The van der Waals surface area contributed by atoms with Gasteiger partial charge in [-0.25, -0.2) is 19.0 Å². The molecule has 12 nitrogen and oxygen atoms in total. The van der Waals surface area contributed by atoms with Crippen LogP contribution in [0.25, 0.3) is 0 Å². The van der Waals surface area contributed by atoms with Crippen molar-refractivity contribution in [2.45, 2.75) is 77.7 Å². The lowest BCUT2D eigenvalue weighted by atomic mass is 10.2. The molecule has 1 saturated heterocycles. The number of ether oxygens (including phenoxy) is 3. The molecule has 264 valence electrons. The van der Waals surface area contributed by atoms with Crippen molar-refractivity contribution in [2.75, 3.05) is 20.7 Å². The first-order chi connectivity index (χ1) is 23.0. The van der Waals surface area contributed by atoms with Gasteiger partial charge in [-0.2, -0.15) is 0 Å². The van der Waals surface area contributed by atoms with Crippen molar-refractivity contribution in [3.05, 3.63) is 84.1 Å². The monoisotopic (exact) mass is 693 g/mol. The summed E-state index contributed by atoms with van der Waals surface area (Å²) >= 11 is 0. The number of amides is 1. The lowest BCUT2D eigenvalue weighted by Gasteiger charge is -2.27. The maximum absolute atomic E-state index is 15.0. The van der Waals surface area contributed by atoms with Gasteiger partial charge in [-0.05, 0) is 31.1 Å². The molecule has 1 amide bonds. The van der Waals surface area contributed by atoms with E-state index in [1.54, 1.807) is 13.8 Å². The average Bonchev–Trinajstić information content (AvgIpc) is 3.42. The summed E-state index contributed by atoms with van der Waals surface area (Å²) in [6.07, 6.45) is -0.155. The molecule has 0 spiro atoms. The molecule has 0 radical (unpaired) electrons. The predicted octanol–water partition coefficient (Wildman–Crippen LogP) is 4.67. The quantitative estimate of drug-likeness (QED) is 0.0705. The van der Waals surface area contributed by atoms with Crippen LogP contribution in [0, 0.1) is 0 Å². The third-order valence-corrected chi connectivity index (χ3v) is 8.28. The zero-order valence-corrected chi connectivity index (χ0v) is 29.0. The first kappa shape index (κ1) is 40.4. The molecule has 48 heavy (non-hydrogen) atoms. The number of benzene rings is 2. The number of carbonyl (C=O) groups is 3. The molecule has 0 bridgehead atoms. The molecule has 3 rings (SSSR count). The smallest absolute Gasteiger partial charge is 0.323 e. The molecule has 4 unspecified atom stereocenters. The van der Waals surface area contributed by atoms with Crippen molar-refractivity contribution >= 4 is 32.6 Å². The van der Waals surface area contributed by atoms with Crippen LogP contribution in [0.5, 0.6) is 0 Å². The van der Waals surface area contributed by atoms with E-state index in [9.17, 15) is 23.2 Å². The fourth-order valence-electron chi connectivity index (χ4n) is 4.17. The SMILES string of the molecule is CC.CN=C(/C=C\N(C)C1OC(COP(NC(C)C(=O)OCc2ccccc2)NC(C)C(=O)OCc2ccccc2)CC1(F)F)NC=O. The van der Waals surface area contributed by atoms with Gasteiger partial charge in [-0.1, -0.05) is 74.5 Å². The van der Waals surface area contributed by atoms with Gasteiger partial charge in [-0.15, -0.1) is 0 Å². The van der Waals surface area contributed by atoms with E-state index >= 15 is 0 Å². The van der Waals surface area contributed by atoms with E-state index in [0.717, 1.165) is 11.1 Å². The summed E-state index contributed by atoms with van der Waals surface area (Å²) in [6, 6.07) is 16.5. The fraction of sp³-hybridized carbons (Fsp3) is 0.455.